The van der Waals surface area contributed by atoms with Crippen LogP contribution in [-0.2, 0) is 4.79 Å². The number of para-hydroxylation sites is 1. The van der Waals surface area contributed by atoms with Crippen molar-refractivity contribution in [2.75, 3.05) is 25.5 Å². The summed E-state index contributed by atoms with van der Waals surface area (Å²) in [6.07, 6.45) is 0.738. The van der Waals surface area contributed by atoms with Gasteiger partial charge in [0.2, 0.25) is 5.91 Å². The van der Waals surface area contributed by atoms with Gasteiger partial charge in [-0.05, 0) is 50.1 Å². The molecule has 0 aliphatic carbocycles. The number of hydrogen-bond acceptors (Lipinski definition) is 4. The highest BCUT2D eigenvalue weighted by molar-refractivity contribution is 6.08. The second-order valence-corrected chi connectivity index (χ2v) is 6.99. The minimum atomic E-state index is -0.232. The van der Waals surface area contributed by atoms with E-state index in [1.54, 1.807) is 37.1 Å². The number of benzene rings is 2. The van der Waals surface area contributed by atoms with Gasteiger partial charge in [0, 0.05) is 17.6 Å². The standard InChI is InChI=1S/C23H26N2O4/c1-5-12-25(14-21(26)24-19-9-7-6-8-15(19)2)23(27)22-16(3)29-20-11-10-17(28-4)13-18(20)22/h6-11,13H,5,12,14H2,1-4H3,(H,24,26). The number of hydrogen-bond donors (Lipinski definition) is 1. The number of carbonyl (C=O) groups is 2. The predicted molar refractivity (Wildman–Crippen MR) is 114 cm³/mol. The fourth-order valence-electron chi connectivity index (χ4n) is 3.35. The summed E-state index contributed by atoms with van der Waals surface area (Å²) in [5.74, 6) is 0.714. The van der Waals surface area contributed by atoms with Crippen LogP contribution in [0.4, 0.5) is 5.69 Å². The molecule has 29 heavy (non-hydrogen) atoms. The van der Waals surface area contributed by atoms with Crippen LogP contribution in [0.5, 0.6) is 5.75 Å². The predicted octanol–water partition coefficient (Wildman–Crippen LogP) is 4.55. The van der Waals surface area contributed by atoms with Crippen LogP contribution in [0.2, 0.25) is 0 Å². The molecule has 0 saturated heterocycles. The lowest BCUT2D eigenvalue weighted by molar-refractivity contribution is -0.116. The fourth-order valence-corrected chi connectivity index (χ4v) is 3.35. The summed E-state index contributed by atoms with van der Waals surface area (Å²) in [7, 11) is 1.58. The molecule has 0 atom stereocenters. The van der Waals surface area contributed by atoms with Crippen LogP contribution in [-0.4, -0.2) is 36.9 Å². The summed E-state index contributed by atoms with van der Waals surface area (Å²) in [5, 5.41) is 3.58. The summed E-state index contributed by atoms with van der Waals surface area (Å²) < 4.78 is 11.0. The van der Waals surface area contributed by atoms with E-state index in [1.165, 1.54) is 0 Å². The number of nitrogens with one attached hydrogen (secondary N) is 1. The zero-order chi connectivity index (χ0) is 21.0. The summed E-state index contributed by atoms with van der Waals surface area (Å²) in [6, 6.07) is 12.9. The summed E-state index contributed by atoms with van der Waals surface area (Å²) >= 11 is 0. The largest absolute Gasteiger partial charge is 0.497 e. The number of anilines is 1. The van der Waals surface area contributed by atoms with Crippen molar-refractivity contribution in [3.05, 3.63) is 59.4 Å². The highest BCUT2D eigenvalue weighted by atomic mass is 16.5. The van der Waals surface area contributed by atoms with Crippen LogP contribution in [0.15, 0.2) is 46.9 Å². The third-order valence-corrected chi connectivity index (χ3v) is 4.82. The Labute approximate surface area is 170 Å². The van der Waals surface area contributed by atoms with Crippen molar-refractivity contribution in [1.29, 1.82) is 0 Å². The number of ether oxygens (including phenoxy) is 1. The first kappa shape index (κ1) is 20.5. The number of methoxy groups -OCH3 is 1. The van der Waals surface area contributed by atoms with Crippen LogP contribution in [0, 0.1) is 13.8 Å². The molecule has 0 radical (unpaired) electrons. The van der Waals surface area contributed by atoms with Crippen LogP contribution < -0.4 is 10.1 Å². The second-order valence-electron chi connectivity index (χ2n) is 6.99. The van der Waals surface area contributed by atoms with Gasteiger partial charge < -0.3 is 19.4 Å². The second kappa shape index (κ2) is 8.82. The van der Waals surface area contributed by atoms with Gasteiger partial charge in [-0.25, -0.2) is 0 Å². The molecule has 152 valence electrons. The first-order valence-electron chi connectivity index (χ1n) is 9.66. The van der Waals surface area contributed by atoms with Gasteiger partial charge >= 0.3 is 0 Å². The number of nitrogens with zero attached hydrogens (tertiary/aromatic N) is 1. The SMILES string of the molecule is CCCN(CC(=O)Nc1ccccc1C)C(=O)c1c(C)oc2ccc(OC)cc12. The molecular weight excluding hydrogens is 368 g/mol. The maximum Gasteiger partial charge on any atom is 0.258 e. The van der Waals surface area contributed by atoms with E-state index in [-0.39, 0.29) is 18.4 Å². The average molecular weight is 394 g/mol. The van der Waals surface area contributed by atoms with E-state index >= 15 is 0 Å². The van der Waals surface area contributed by atoms with E-state index in [9.17, 15) is 9.59 Å². The Morgan fingerprint density at radius 1 is 1.14 bits per heavy atom. The normalized spacial score (nSPS) is 10.8. The monoisotopic (exact) mass is 394 g/mol. The highest BCUT2D eigenvalue weighted by Gasteiger charge is 2.25. The van der Waals surface area contributed by atoms with Crippen molar-refractivity contribution in [1.82, 2.24) is 4.90 Å². The Hall–Kier alpha value is -3.28. The number of rotatable bonds is 7. The van der Waals surface area contributed by atoms with Gasteiger partial charge in [0.05, 0.1) is 12.7 Å². The van der Waals surface area contributed by atoms with Gasteiger partial charge in [-0.1, -0.05) is 25.1 Å². The van der Waals surface area contributed by atoms with Crippen molar-refractivity contribution < 1.29 is 18.7 Å². The molecule has 0 fully saturated rings. The van der Waals surface area contributed by atoms with Gasteiger partial charge in [0.15, 0.2) is 0 Å². The van der Waals surface area contributed by atoms with E-state index in [4.69, 9.17) is 9.15 Å². The lowest BCUT2D eigenvalue weighted by Gasteiger charge is -2.22. The molecule has 3 aromatic rings. The number of amides is 2. The quantitative estimate of drug-likeness (QED) is 0.638. The van der Waals surface area contributed by atoms with Crippen molar-refractivity contribution >= 4 is 28.5 Å². The Morgan fingerprint density at radius 3 is 2.59 bits per heavy atom. The molecule has 0 unspecified atom stereocenters. The van der Waals surface area contributed by atoms with Crippen molar-refractivity contribution in [3.8, 4) is 5.75 Å². The van der Waals surface area contributed by atoms with Crippen LogP contribution in [0.3, 0.4) is 0 Å². The van der Waals surface area contributed by atoms with Crippen molar-refractivity contribution in [2.45, 2.75) is 27.2 Å². The molecule has 2 aromatic carbocycles. The molecule has 1 heterocycles. The maximum atomic E-state index is 13.3. The number of furan rings is 1. The zero-order valence-electron chi connectivity index (χ0n) is 17.2. The molecule has 0 spiro atoms. The van der Waals surface area contributed by atoms with Gasteiger partial charge in [0.1, 0.15) is 23.6 Å². The van der Waals surface area contributed by atoms with Gasteiger partial charge in [-0.3, -0.25) is 9.59 Å². The van der Waals surface area contributed by atoms with E-state index in [1.807, 2.05) is 38.1 Å². The number of carbonyl (C=O) groups excluding carboxylic acids is 2. The van der Waals surface area contributed by atoms with E-state index in [0.717, 1.165) is 17.7 Å². The molecule has 6 heteroatoms. The maximum absolute atomic E-state index is 13.3. The Morgan fingerprint density at radius 2 is 1.90 bits per heavy atom. The Balaban J connectivity index is 1.86. The Kier molecular flexibility index (Phi) is 6.22. The summed E-state index contributed by atoms with van der Waals surface area (Å²) in [4.78, 5) is 27.5. The Bertz CT molecular complexity index is 1040. The lowest BCUT2D eigenvalue weighted by atomic mass is 10.1. The van der Waals surface area contributed by atoms with Crippen LogP contribution >= 0.6 is 0 Å². The van der Waals surface area contributed by atoms with E-state index < -0.39 is 0 Å². The highest BCUT2D eigenvalue weighted by Crippen LogP contribution is 2.30. The topological polar surface area (TPSA) is 71.8 Å². The van der Waals surface area contributed by atoms with Crippen molar-refractivity contribution in [3.63, 3.8) is 0 Å². The number of aryl methyl sites for hydroxylation is 2. The molecule has 3 rings (SSSR count). The van der Waals surface area contributed by atoms with Gasteiger partial charge in [-0.15, -0.1) is 0 Å². The molecule has 6 nitrogen and oxygen atoms in total. The third kappa shape index (κ3) is 4.42. The molecule has 0 saturated carbocycles. The average Bonchev–Trinajstić information content (AvgIpc) is 3.03. The minimum Gasteiger partial charge on any atom is -0.497 e. The fraction of sp³-hybridized carbons (Fsp3) is 0.304. The molecule has 2 amide bonds. The lowest BCUT2D eigenvalue weighted by Crippen LogP contribution is -2.38. The first-order valence-corrected chi connectivity index (χ1v) is 9.66. The summed E-state index contributed by atoms with van der Waals surface area (Å²) in [6.45, 7) is 6.10. The number of fused-ring (bicyclic) bond motifs is 1. The van der Waals surface area contributed by atoms with Crippen molar-refractivity contribution in [2.24, 2.45) is 0 Å². The van der Waals surface area contributed by atoms with Crippen LogP contribution in [0.25, 0.3) is 11.0 Å². The van der Waals surface area contributed by atoms with E-state index in [0.29, 0.717) is 34.6 Å². The molecule has 1 aromatic heterocycles. The van der Waals surface area contributed by atoms with Gasteiger partial charge in [0.25, 0.3) is 5.91 Å². The zero-order valence-corrected chi connectivity index (χ0v) is 17.2. The third-order valence-electron chi connectivity index (χ3n) is 4.82. The minimum absolute atomic E-state index is 0.0307. The molecular formula is C23H26N2O4. The van der Waals surface area contributed by atoms with E-state index in [2.05, 4.69) is 5.32 Å². The molecule has 0 aliphatic rings. The first-order chi connectivity index (χ1) is 13.9. The van der Waals surface area contributed by atoms with Crippen LogP contribution in [0.1, 0.15) is 35.0 Å². The molecule has 1 N–H and O–H groups in total. The van der Waals surface area contributed by atoms with Gasteiger partial charge in [-0.2, -0.15) is 0 Å². The molecule has 0 aliphatic heterocycles. The summed E-state index contributed by atoms with van der Waals surface area (Å²) in [5.41, 5.74) is 2.80. The smallest absolute Gasteiger partial charge is 0.258 e. The molecule has 0 bridgehead atoms.